The lowest BCUT2D eigenvalue weighted by Crippen LogP contribution is -2.46. The maximum atomic E-state index is 9.81. The van der Waals surface area contributed by atoms with Crippen LogP contribution in [-0.2, 0) is 0 Å². The van der Waals surface area contributed by atoms with Crippen molar-refractivity contribution in [2.45, 2.75) is 70.6 Å². The summed E-state index contributed by atoms with van der Waals surface area (Å²) in [5.41, 5.74) is 0. The Morgan fingerprint density at radius 1 is 1.13 bits per heavy atom. The summed E-state index contributed by atoms with van der Waals surface area (Å²) in [7, 11) is 0. The molecule has 2 heteroatoms. The van der Waals surface area contributed by atoms with Gasteiger partial charge in [-0.25, -0.2) is 0 Å². The molecule has 0 aromatic heterocycles. The zero-order valence-corrected chi connectivity index (χ0v) is 10.2. The van der Waals surface area contributed by atoms with E-state index in [4.69, 9.17) is 0 Å². The van der Waals surface area contributed by atoms with E-state index in [1.165, 1.54) is 32.2 Å². The largest absolute Gasteiger partial charge is 0.393 e. The van der Waals surface area contributed by atoms with E-state index >= 15 is 0 Å². The molecule has 2 fully saturated rings. The van der Waals surface area contributed by atoms with E-state index in [0.29, 0.717) is 6.04 Å². The molecule has 0 bridgehead atoms. The summed E-state index contributed by atoms with van der Waals surface area (Å²) in [5.74, 6) is 0.828. The molecule has 0 amide bonds. The van der Waals surface area contributed by atoms with Crippen molar-refractivity contribution in [1.82, 2.24) is 4.90 Å². The topological polar surface area (TPSA) is 23.5 Å². The van der Waals surface area contributed by atoms with Gasteiger partial charge in [0.15, 0.2) is 0 Å². The van der Waals surface area contributed by atoms with Crippen molar-refractivity contribution in [3.05, 3.63) is 0 Å². The van der Waals surface area contributed by atoms with Gasteiger partial charge in [-0.1, -0.05) is 20.3 Å². The first-order valence-electron chi connectivity index (χ1n) is 6.70. The van der Waals surface area contributed by atoms with Gasteiger partial charge >= 0.3 is 0 Å². The van der Waals surface area contributed by atoms with Crippen LogP contribution in [0.2, 0.25) is 0 Å². The van der Waals surface area contributed by atoms with Crippen LogP contribution < -0.4 is 0 Å². The minimum atomic E-state index is -0.0365. The molecule has 2 aliphatic carbocycles. The van der Waals surface area contributed by atoms with Gasteiger partial charge in [-0.2, -0.15) is 0 Å². The summed E-state index contributed by atoms with van der Waals surface area (Å²) >= 11 is 0. The van der Waals surface area contributed by atoms with Crippen LogP contribution in [0.1, 0.15) is 52.4 Å². The number of rotatable bonds is 4. The van der Waals surface area contributed by atoms with Crippen molar-refractivity contribution in [1.29, 1.82) is 0 Å². The zero-order valence-electron chi connectivity index (χ0n) is 10.2. The molecular formula is C13H25NO. The molecule has 1 N–H and O–H groups in total. The highest BCUT2D eigenvalue weighted by molar-refractivity contribution is 4.93. The summed E-state index contributed by atoms with van der Waals surface area (Å²) in [4.78, 5) is 2.66. The van der Waals surface area contributed by atoms with Crippen LogP contribution >= 0.6 is 0 Å². The second kappa shape index (κ2) is 4.84. The zero-order chi connectivity index (χ0) is 10.8. The van der Waals surface area contributed by atoms with Crippen LogP contribution in [0.15, 0.2) is 0 Å². The summed E-state index contributed by atoms with van der Waals surface area (Å²) in [6, 6.07) is 1.51. The van der Waals surface area contributed by atoms with Crippen molar-refractivity contribution >= 4 is 0 Å². The van der Waals surface area contributed by atoms with Gasteiger partial charge in [-0.05, 0) is 44.6 Å². The average Bonchev–Trinajstić information content (AvgIpc) is 3.04. The Morgan fingerprint density at radius 2 is 1.87 bits per heavy atom. The number of aliphatic hydroxyl groups excluding tert-OH is 1. The molecule has 2 aliphatic rings. The third-order valence-electron chi connectivity index (χ3n) is 4.26. The number of aliphatic hydroxyl groups is 1. The fourth-order valence-electron chi connectivity index (χ4n) is 3.24. The fourth-order valence-corrected chi connectivity index (χ4v) is 3.24. The van der Waals surface area contributed by atoms with Crippen molar-refractivity contribution in [3.8, 4) is 0 Å². The Labute approximate surface area is 93.7 Å². The fraction of sp³-hybridized carbons (Fsp3) is 1.00. The van der Waals surface area contributed by atoms with Gasteiger partial charge in [-0.15, -0.1) is 0 Å². The molecule has 0 spiro atoms. The second-order valence-electron chi connectivity index (χ2n) is 5.26. The van der Waals surface area contributed by atoms with Crippen LogP contribution in [-0.4, -0.2) is 34.7 Å². The minimum Gasteiger partial charge on any atom is -0.393 e. The van der Waals surface area contributed by atoms with E-state index in [1.54, 1.807) is 0 Å². The molecule has 15 heavy (non-hydrogen) atoms. The highest BCUT2D eigenvalue weighted by Gasteiger charge is 2.38. The lowest BCUT2D eigenvalue weighted by atomic mass is 9.80. The van der Waals surface area contributed by atoms with E-state index in [0.717, 1.165) is 24.8 Å². The Bertz CT molecular complexity index is 203. The third kappa shape index (κ3) is 2.54. The van der Waals surface area contributed by atoms with E-state index in [9.17, 15) is 5.11 Å². The molecule has 0 saturated heterocycles. The predicted octanol–water partition coefficient (Wildman–Crippen LogP) is 2.41. The lowest BCUT2D eigenvalue weighted by Gasteiger charge is -2.41. The molecule has 3 atom stereocenters. The Balaban J connectivity index is 2.00. The molecule has 0 heterocycles. The molecule has 0 aliphatic heterocycles. The van der Waals surface area contributed by atoms with Crippen molar-refractivity contribution in [2.75, 3.05) is 6.54 Å². The van der Waals surface area contributed by atoms with E-state index < -0.39 is 0 Å². The summed E-state index contributed by atoms with van der Waals surface area (Å²) in [6.45, 7) is 5.74. The Hall–Kier alpha value is -0.0800. The highest BCUT2D eigenvalue weighted by Crippen LogP contribution is 2.37. The summed E-state index contributed by atoms with van der Waals surface area (Å²) in [5, 5.41) is 9.81. The van der Waals surface area contributed by atoms with Gasteiger partial charge in [0.05, 0.1) is 6.10 Å². The van der Waals surface area contributed by atoms with Crippen molar-refractivity contribution < 1.29 is 5.11 Å². The standard InChI is InChI=1S/C13H25NO/c1-3-10-5-8-12(15)9-13(10)14(4-2)11-6-7-11/h10-13,15H,3-9H2,1-2H3. The molecule has 2 saturated carbocycles. The molecule has 3 unspecified atom stereocenters. The van der Waals surface area contributed by atoms with Crippen molar-refractivity contribution in [3.63, 3.8) is 0 Å². The van der Waals surface area contributed by atoms with Gasteiger partial charge in [-0.3, -0.25) is 4.90 Å². The summed E-state index contributed by atoms with van der Waals surface area (Å²) < 4.78 is 0. The van der Waals surface area contributed by atoms with E-state index in [-0.39, 0.29) is 6.10 Å². The van der Waals surface area contributed by atoms with Crippen LogP contribution in [0.3, 0.4) is 0 Å². The summed E-state index contributed by atoms with van der Waals surface area (Å²) in [6.07, 6.45) is 7.28. The SMILES string of the molecule is CCC1CCC(O)CC1N(CC)C1CC1. The number of hydrogen-bond donors (Lipinski definition) is 1. The minimum absolute atomic E-state index is 0.0365. The molecule has 2 nitrogen and oxygen atoms in total. The third-order valence-corrected chi connectivity index (χ3v) is 4.26. The van der Waals surface area contributed by atoms with Crippen LogP contribution in [0.4, 0.5) is 0 Å². The smallest absolute Gasteiger partial charge is 0.0555 e. The molecular weight excluding hydrogens is 186 g/mol. The van der Waals surface area contributed by atoms with Crippen LogP contribution in [0, 0.1) is 5.92 Å². The van der Waals surface area contributed by atoms with Crippen molar-refractivity contribution in [2.24, 2.45) is 5.92 Å². The van der Waals surface area contributed by atoms with Gasteiger partial charge in [0.25, 0.3) is 0 Å². The predicted molar refractivity (Wildman–Crippen MR) is 62.8 cm³/mol. The molecule has 0 aromatic carbocycles. The van der Waals surface area contributed by atoms with Gasteiger partial charge < -0.3 is 5.11 Å². The first-order chi connectivity index (χ1) is 7.26. The molecule has 0 radical (unpaired) electrons. The maximum absolute atomic E-state index is 9.81. The number of nitrogens with zero attached hydrogens (tertiary/aromatic N) is 1. The maximum Gasteiger partial charge on any atom is 0.0555 e. The quantitative estimate of drug-likeness (QED) is 0.772. The first-order valence-corrected chi connectivity index (χ1v) is 6.70. The van der Waals surface area contributed by atoms with Gasteiger partial charge in [0.1, 0.15) is 0 Å². The molecule has 0 aromatic rings. The monoisotopic (exact) mass is 211 g/mol. The van der Waals surface area contributed by atoms with E-state index in [2.05, 4.69) is 18.7 Å². The van der Waals surface area contributed by atoms with Crippen LogP contribution in [0.25, 0.3) is 0 Å². The molecule has 2 rings (SSSR count). The van der Waals surface area contributed by atoms with Crippen LogP contribution in [0.5, 0.6) is 0 Å². The normalized spacial score (nSPS) is 37.2. The highest BCUT2D eigenvalue weighted by atomic mass is 16.3. The lowest BCUT2D eigenvalue weighted by molar-refractivity contribution is 0.0239. The second-order valence-corrected chi connectivity index (χ2v) is 5.26. The number of hydrogen-bond acceptors (Lipinski definition) is 2. The Kier molecular flexibility index (Phi) is 3.68. The van der Waals surface area contributed by atoms with E-state index in [1.807, 2.05) is 0 Å². The van der Waals surface area contributed by atoms with Gasteiger partial charge in [0.2, 0.25) is 0 Å². The molecule has 88 valence electrons. The Morgan fingerprint density at radius 3 is 2.40 bits per heavy atom. The first kappa shape index (κ1) is 11.4. The van der Waals surface area contributed by atoms with Gasteiger partial charge in [0, 0.05) is 12.1 Å². The average molecular weight is 211 g/mol.